The Balaban J connectivity index is 1.90. The molecule has 0 saturated carbocycles. The molecular weight excluding hydrogens is 431 g/mol. The summed E-state index contributed by atoms with van der Waals surface area (Å²) >= 11 is 2.33. The molecule has 3 N–H and O–H groups in total. The van der Waals surface area contributed by atoms with E-state index >= 15 is 0 Å². The van der Waals surface area contributed by atoms with Crippen molar-refractivity contribution in [1.82, 2.24) is 19.9 Å². The summed E-state index contributed by atoms with van der Waals surface area (Å²) in [5.74, 6) is 1.26. The standard InChI is InChI=1S/C17H17IN6O/c18-5-13-15(10-2-1-3-21-7-10)23-17-14(8-22-24(17)16(13)20)11-4-12(6-19)25-9-11/h4,8-10,21H,1-3,5,7,20H2. The highest BCUT2D eigenvalue weighted by Gasteiger charge is 2.24. The van der Waals surface area contributed by atoms with Crippen LogP contribution in [0.4, 0.5) is 5.82 Å². The number of alkyl halides is 1. The maximum Gasteiger partial charge on any atom is 0.203 e. The van der Waals surface area contributed by atoms with Gasteiger partial charge < -0.3 is 15.5 Å². The smallest absolute Gasteiger partial charge is 0.203 e. The van der Waals surface area contributed by atoms with E-state index in [9.17, 15) is 0 Å². The Morgan fingerprint density at radius 1 is 1.52 bits per heavy atom. The Morgan fingerprint density at radius 3 is 3.08 bits per heavy atom. The molecule has 0 aromatic carbocycles. The Morgan fingerprint density at radius 2 is 2.40 bits per heavy atom. The Kier molecular flexibility index (Phi) is 4.35. The number of fused-ring (bicyclic) bond motifs is 1. The number of furan rings is 1. The zero-order valence-corrected chi connectivity index (χ0v) is 15.7. The van der Waals surface area contributed by atoms with Crippen LogP contribution in [0.25, 0.3) is 16.8 Å². The molecule has 8 heteroatoms. The van der Waals surface area contributed by atoms with Gasteiger partial charge in [-0.3, -0.25) is 0 Å². The fourth-order valence-electron chi connectivity index (χ4n) is 3.37. The van der Waals surface area contributed by atoms with E-state index in [0.29, 0.717) is 17.4 Å². The van der Waals surface area contributed by atoms with Crippen LogP contribution in [0.15, 0.2) is 22.9 Å². The van der Waals surface area contributed by atoms with Crippen molar-refractivity contribution in [2.24, 2.45) is 0 Å². The van der Waals surface area contributed by atoms with Gasteiger partial charge in [0.05, 0.1) is 11.9 Å². The van der Waals surface area contributed by atoms with E-state index in [4.69, 9.17) is 20.4 Å². The second-order valence-corrected chi connectivity index (χ2v) is 6.91. The molecular formula is C17H17IN6O. The van der Waals surface area contributed by atoms with Crippen LogP contribution in [0.5, 0.6) is 0 Å². The number of hydrogen-bond acceptors (Lipinski definition) is 6. The molecule has 3 aromatic heterocycles. The maximum atomic E-state index is 8.98. The van der Waals surface area contributed by atoms with E-state index < -0.39 is 0 Å². The van der Waals surface area contributed by atoms with Crippen molar-refractivity contribution < 1.29 is 4.42 Å². The van der Waals surface area contributed by atoms with Crippen molar-refractivity contribution in [2.45, 2.75) is 23.2 Å². The minimum absolute atomic E-state index is 0.267. The van der Waals surface area contributed by atoms with Crippen LogP contribution in [-0.4, -0.2) is 27.7 Å². The van der Waals surface area contributed by atoms with Gasteiger partial charge in [-0.25, -0.2) is 4.98 Å². The molecule has 0 radical (unpaired) electrons. The predicted molar refractivity (Wildman–Crippen MR) is 102 cm³/mol. The molecule has 3 aromatic rings. The normalized spacial score (nSPS) is 17.7. The number of nitrogen functional groups attached to an aromatic ring is 1. The van der Waals surface area contributed by atoms with Gasteiger partial charge in [0.2, 0.25) is 5.76 Å². The number of nitrogens with zero attached hydrogens (tertiary/aromatic N) is 4. The number of nitrogens with two attached hydrogens (primary N) is 1. The van der Waals surface area contributed by atoms with Gasteiger partial charge >= 0.3 is 0 Å². The largest absolute Gasteiger partial charge is 0.453 e. The molecule has 128 valence electrons. The number of nitriles is 1. The van der Waals surface area contributed by atoms with Gasteiger partial charge in [-0.05, 0) is 19.4 Å². The van der Waals surface area contributed by atoms with Gasteiger partial charge in [0.25, 0.3) is 0 Å². The van der Waals surface area contributed by atoms with Crippen molar-refractivity contribution >= 4 is 34.1 Å². The molecule has 4 heterocycles. The Bertz CT molecular complexity index is 964. The van der Waals surface area contributed by atoms with Crippen molar-refractivity contribution in [3.63, 3.8) is 0 Å². The highest BCUT2D eigenvalue weighted by atomic mass is 127. The SMILES string of the molecule is N#Cc1cc(-c2cnn3c(N)c(CI)c(C4CCCNC4)nc23)co1. The first-order valence-corrected chi connectivity index (χ1v) is 9.67. The summed E-state index contributed by atoms with van der Waals surface area (Å²) in [6.45, 7) is 1.97. The number of anilines is 1. The average molecular weight is 448 g/mol. The predicted octanol–water partition coefficient (Wildman–Crippen LogP) is 2.85. The highest BCUT2D eigenvalue weighted by Crippen LogP contribution is 2.33. The Hall–Kier alpha value is -2.12. The lowest BCUT2D eigenvalue weighted by molar-refractivity contribution is 0.453. The quantitative estimate of drug-likeness (QED) is 0.472. The third-order valence-corrected chi connectivity index (χ3v) is 5.42. The summed E-state index contributed by atoms with van der Waals surface area (Å²) in [7, 11) is 0. The van der Waals surface area contributed by atoms with Gasteiger partial charge in [0.15, 0.2) is 5.65 Å². The van der Waals surface area contributed by atoms with Crippen molar-refractivity contribution in [3.05, 3.63) is 35.5 Å². The maximum absolute atomic E-state index is 8.98. The number of nitrogens with one attached hydrogen (secondary N) is 1. The number of hydrogen-bond donors (Lipinski definition) is 2. The van der Waals surface area contributed by atoms with E-state index in [-0.39, 0.29) is 5.76 Å². The fraction of sp³-hybridized carbons (Fsp3) is 0.353. The summed E-state index contributed by atoms with van der Waals surface area (Å²) in [5, 5.41) is 16.8. The molecule has 1 fully saturated rings. The zero-order valence-electron chi connectivity index (χ0n) is 13.5. The summed E-state index contributed by atoms with van der Waals surface area (Å²) in [4.78, 5) is 4.95. The lowest BCUT2D eigenvalue weighted by Crippen LogP contribution is -2.30. The van der Waals surface area contributed by atoms with Gasteiger partial charge in [-0.15, -0.1) is 0 Å². The molecule has 1 unspecified atom stereocenters. The van der Waals surface area contributed by atoms with Crippen molar-refractivity contribution in [1.29, 1.82) is 5.26 Å². The van der Waals surface area contributed by atoms with Crippen LogP contribution in [0.1, 0.15) is 35.8 Å². The monoisotopic (exact) mass is 448 g/mol. The molecule has 1 aliphatic heterocycles. The lowest BCUT2D eigenvalue weighted by atomic mass is 9.93. The molecule has 1 atom stereocenters. The van der Waals surface area contributed by atoms with Crippen molar-refractivity contribution in [3.8, 4) is 17.2 Å². The third kappa shape index (κ3) is 2.77. The average Bonchev–Trinajstić information content (AvgIpc) is 3.28. The van der Waals surface area contributed by atoms with Crippen LogP contribution in [-0.2, 0) is 4.43 Å². The van der Waals surface area contributed by atoms with Crippen molar-refractivity contribution in [2.75, 3.05) is 18.8 Å². The number of aromatic nitrogens is 3. The lowest BCUT2D eigenvalue weighted by Gasteiger charge is -2.24. The number of piperidine rings is 1. The van der Waals surface area contributed by atoms with Crippen LogP contribution in [0, 0.1) is 11.3 Å². The second kappa shape index (κ2) is 6.65. The van der Waals surface area contributed by atoms with Gasteiger partial charge in [-0.2, -0.15) is 14.9 Å². The minimum Gasteiger partial charge on any atom is -0.453 e. The molecule has 0 spiro atoms. The van der Waals surface area contributed by atoms with E-state index in [2.05, 4.69) is 33.0 Å². The first-order chi connectivity index (χ1) is 12.2. The summed E-state index contributed by atoms with van der Waals surface area (Å²) in [6, 6.07) is 3.70. The minimum atomic E-state index is 0.267. The second-order valence-electron chi connectivity index (χ2n) is 6.14. The molecule has 4 rings (SSSR count). The molecule has 1 aliphatic rings. The molecule has 0 aliphatic carbocycles. The first kappa shape index (κ1) is 16.4. The summed E-state index contributed by atoms with van der Waals surface area (Å²) < 4.78 is 7.71. The number of halogens is 1. The van der Waals surface area contributed by atoms with Gasteiger partial charge in [-0.1, -0.05) is 22.6 Å². The zero-order chi connectivity index (χ0) is 17.4. The topological polar surface area (TPSA) is 105 Å². The van der Waals surface area contributed by atoms with Crippen LogP contribution >= 0.6 is 22.6 Å². The Labute approximate surface area is 158 Å². The fourth-order valence-corrected chi connectivity index (χ4v) is 4.15. The highest BCUT2D eigenvalue weighted by molar-refractivity contribution is 14.1. The van der Waals surface area contributed by atoms with Gasteiger partial charge in [0.1, 0.15) is 18.2 Å². The van der Waals surface area contributed by atoms with Crippen LogP contribution in [0.2, 0.25) is 0 Å². The first-order valence-electron chi connectivity index (χ1n) is 8.14. The summed E-state index contributed by atoms with van der Waals surface area (Å²) in [5.41, 5.74) is 10.8. The van der Waals surface area contributed by atoms with Gasteiger partial charge in [0, 0.05) is 39.6 Å². The van der Waals surface area contributed by atoms with E-state index in [1.165, 1.54) is 0 Å². The summed E-state index contributed by atoms with van der Waals surface area (Å²) in [6.07, 6.45) is 5.52. The molecule has 7 nitrogen and oxygen atoms in total. The molecule has 0 bridgehead atoms. The van der Waals surface area contributed by atoms with Crippen LogP contribution < -0.4 is 11.1 Å². The third-order valence-electron chi connectivity index (χ3n) is 4.65. The molecule has 25 heavy (non-hydrogen) atoms. The van der Waals surface area contributed by atoms with E-state index in [1.807, 2.05) is 6.07 Å². The van der Waals surface area contributed by atoms with Crippen LogP contribution in [0.3, 0.4) is 0 Å². The van der Waals surface area contributed by atoms with E-state index in [1.54, 1.807) is 23.0 Å². The van der Waals surface area contributed by atoms with E-state index in [0.717, 1.165) is 52.7 Å². The molecule has 0 amide bonds. The molecule has 1 saturated heterocycles. The number of rotatable bonds is 3.